The number of hydroxylamine groups is 2. The van der Waals surface area contributed by atoms with Gasteiger partial charge in [-0.05, 0) is 5.56 Å². The van der Waals surface area contributed by atoms with Gasteiger partial charge < -0.3 is 15.3 Å². The summed E-state index contributed by atoms with van der Waals surface area (Å²) < 4.78 is 0. The van der Waals surface area contributed by atoms with Crippen molar-refractivity contribution in [3.8, 4) is 0 Å². The molecule has 16 heavy (non-hydrogen) atoms. The minimum Gasteiger partial charge on any atom is -0.394 e. The Morgan fingerprint density at radius 2 is 2.19 bits per heavy atom. The van der Waals surface area contributed by atoms with E-state index in [-0.39, 0.29) is 13.2 Å². The molecule has 88 valence electrons. The van der Waals surface area contributed by atoms with Crippen molar-refractivity contribution in [3.05, 3.63) is 35.4 Å². The Kier molecular flexibility index (Phi) is 3.52. The number of benzene rings is 1. The van der Waals surface area contributed by atoms with E-state index < -0.39 is 12.3 Å². The molecule has 0 saturated heterocycles. The highest BCUT2D eigenvalue weighted by Crippen LogP contribution is 2.31. The average Bonchev–Trinajstić information content (AvgIpc) is 2.64. The van der Waals surface area contributed by atoms with Crippen LogP contribution >= 0.6 is 0 Å². The van der Waals surface area contributed by atoms with Crippen molar-refractivity contribution in [2.24, 2.45) is 0 Å². The van der Waals surface area contributed by atoms with Gasteiger partial charge in [0, 0.05) is 5.56 Å². The molecule has 1 aliphatic rings. The van der Waals surface area contributed by atoms with Crippen LogP contribution in [0, 0.1) is 0 Å². The van der Waals surface area contributed by atoms with Crippen LogP contribution in [-0.4, -0.2) is 39.7 Å². The Morgan fingerprint density at radius 1 is 1.44 bits per heavy atom. The van der Waals surface area contributed by atoms with E-state index in [1.807, 2.05) is 24.3 Å². The molecule has 5 heteroatoms. The molecular weight excluding hydrogens is 210 g/mol. The smallest absolute Gasteiger partial charge is 0.156 e. The molecule has 0 amide bonds. The number of fused-ring (bicyclic) bond motifs is 1. The van der Waals surface area contributed by atoms with Gasteiger partial charge in [0.25, 0.3) is 0 Å². The number of aliphatic hydroxyl groups is 3. The molecule has 1 aromatic carbocycles. The summed E-state index contributed by atoms with van der Waals surface area (Å²) in [6.07, 6.45) is -1.72. The molecule has 5 nitrogen and oxygen atoms in total. The molecule has 0 spiro atoms. The highest BCUT2D eigenvalue weighted by molar-refractivity contribution is 5.31. The summed E-state index contributed by atoms with van der Waals surface area (Å²) in [5.74, 6) is 0. The number of rotatable bonds is 4. The van der Waals surface area contributed by atoms with Crippen LogP contribution < -0.4 is 0 Å². The van der Waals surface area contributed by atoms with Gasteiger partial charge in [0.05, 0.1) is 19.8 Å². The van der Waals surface area contributed by atoms with Crippen LogP contribution in [0.2, 0.25) is 0 Å². The molecular formula is C11H15NO4. The quantitative estimate of drug-likeness (QED) is 0.660. The number of hydrogen-bond donors (Lipinski definition) is 3. The van der Waals surface area contributed by atoms with Crippen LogP contribution in [0.5, 0.6) is 0 Å². The summed E-state index contributed by atoms with van der Waals surface area (Å²) in [6.45, 7) is 0.105. The molecule has 0 aromatic heterocycles. The Bertz CT molecular complexity index is 358. The van der Waals surface area contributed by atoms with Crippen LogP contribution in [0.3, 0.4) is 0 Å². The summed E-state index contributed by atoms with van der Waals surface area (Å²) in [6, 6.07) is 7.52. The second-order valence-corrected chi connectivity index (χ2v) is 3.78. The lowest BCUT2D eigenvalue weighted by atomic mass is 10.1. The van der Waals surface area contributed by atoms with E-state index in [0.717, 1.165) is 11.1 Å². The van der Waals surface area contributed by atoms with Gasteiger partial charge in [-0.15, -0.1) is 0 Å². The molecule has 3 N–H and O–H groups in total. The van der Waals surface area contributed by atoms with Crippen molar-refractivity contribution in [1.82, 2.24) is 5.06 Å². The van der Waals surface area contributed by atoms with Gasteiger partial charge in [-0.1, -0.05) is 24.3 Å². The lowest BCUT2D eigenvalue weighted by Crippen LogP contribution is -2.29. The summed E-state index contributed by atoms with van der Waals surface area (Å²) in [5.41, 5.74) is 1.83. The van der Waals surface area contributed by atoms with Gasteiger partial charge in [-0.2, -0.15) is 5.06 Å². The Labute approximate surface area is 93.5 Å². The average molecular weight is 225 g/mol. The molecule has 0 fully saturated rings. The molecule has 0 saturated carbocycles. The topological polar surface area (TPSA) is 73.2 Å². The summed E-state index contributed by atoms with van der Waals surface area (Å²) in [7, 11) is 0. The van der Waals surface area contributed by atoms with Gasteiger partial charge in [0.15, 0.2) is 6.23 Å². The van der Waals surface area contributed by atoms with Crippen LogP contribution in [0.25, 0.3) is 0 Å². The fraction of sp³-hybridized carbons (Fsp3) is 0.455. The predicted octanol–water partition coefficient (Wildman–Crippen LogP) is -0.222. The maximum Gasteiger partial charge on any atom is 0.156 e. The van der Waals surface area contributed by atoms with E-state index in [9.17, 15) is 5.11 Å². The Hall–Kier alpha value is -0.980. The molecule has 1 aromatic rings. The zero-order valence-corrected chi connectivity index (χ0v) is 8.78. The molecule has 2 rings (SSSR count). The Morgan fingerprint density at radius 3 is 2.88 bits per heavy atom. The molecule has 0 radical (unpaired) electrons. The van der Waals surface area contributed by atoms with Crippen LogP contribution in [0.4, 0.5) is 0 Å². The fourth-order valence-corrected chi connectivity index (χ4v) is 1.69. The van der Waals surface area contributed by atoms with Crippen molar-refractivity contribution in [2.45, 2.75) is 18.9 Å². The first-order valence-electron chi connectivity index (χ1n) is 5.16. The van der Waals surface area contributed by atoms with Crippen LogP contribution in [-0.2, 0) is 11.4 Å². The van der Waals surface area contributed by atoms with Crippen molar-refractivity contribution in [2.75, 3.05) is 13.2 Å². The van der Waals surface area contributed by atoms with Gasteiger partial charge in [0.2, 0.25) is 0 Å². The minimum absolute atomic E-state index is 0.0262. The molecule has 0 aliphatic carbocycles. The zero-order chi connectivity index (χ0) is 11.5. The van der Waals surface area contributed by atoms with Crippen molar-refractivity contribution >= 4 is 0 Å². The van der Waals surface area contributed by atoms with E-state index in [1.54, 1.807) is 0 Å². The highest BCUT2D eigenvalue weighted by Gasteiger charge is 2.29. The summed E-state index contributed by atoms with van der Waals surface area (Å²) >= 11 is 0. The van der Waals surface area contributed by atoms with Gasteiger partial charge >= 0.3 is 0 Å². The maximum atomic E-state index is 9.88. The molecule has 2 atom stereocenters. The van der Waals surface area contributed by atoms with Crippen molar-refractivity contribution in [1.29, 1.82) is 0 Å². The van der Waals surface area contributed by atoms with Crippen molar-refractivity contribution < 1.29 is 20.2 Å². The monoisotopic (exact) mass is 225 g/mol. The second kappa shape index (κ2) is 4.90. The van der Waals surface area contributed by atoms with E-state index in [2.05, 4.69) is 0 Å². The van der Waals surface area contributed by atoms with E-state index in [4.69, 9.17) is 15.1 Å². The Balaban J connectivity index is 1.96. The maximum absolute atomic E-state index is 9.88. The first kappa shape index (κ1) is 11.5. The number of aliphatic hydroxyl groups excluding tert-OH is 3. The second-order valence-electron chi connectivity index (χ2n) is 3.78. The normalized spacial score (nSPS) is 22.1. The van der Waals surface area contributed by atoms with E-state index in [1.165, 1.54) is 5.06 Å². The van der Waals surface area contributed by atoms with Gasteiger partial charge in [0.1, 0.15) is 6.10 Å². The van der Waals surface area contributed by atoms with Crippen LogP contribution in [0.1, 0.15) is 17.4 Å². The molecule has 2 unspecified atom stereocenters. The van der Waals surface area contributed by atoms with Crippen molar-refractivity contribution in [3.63, 3.8) is 0 Å². The van der Waals surface area contributed by atoms with E-state index in [0.29, 0.717) is 6.54 Å². The third kappa shape index (κ3) is 2.23. The first-order valence-corrected chi connectivity index (χ1v) is 5.16. The predicted molar refractivity (Wildman–Crippen MR) is 56.0 cm³/mol. The lowest BCUT2D eigenvalue weighted by Gasteiger charge is -2.20. The highest BCUT2D eigenvalue weighted by atomic mass is 16.7. The van der Waals surface area contributed by atoms with Crippen LogP contribution in [0.15, 0.2) is 24.3 Å². The fourth-order valence-electron chi connectivity index (χ4n) is 1.69. The number of hydrogen-bond acceptors (Lipinski definition) is 5. The van der Waals surface area contributed by atoms with Gasteiger partial charge in [-0.3, -0.25) is 4.84 Å². The third-order valence-electron chi connectivity index (χ3n) is 2.58. The molecule has 1 aliphatic heterocycles. The summed E-state index contributed by atoms with van der Waals surface area (Å²) in [4.78, 5) is 5.22. The lowest BCUT2D eigenvalue weighted by molar-refractivity contribution is -0.251. The summed E-state index contributed by atoms with van der Waals surface area (Å²) in [5, 5.41) is 29.1. The SMILES string of the molecule is OCC(O)CON1Cc2ccccc2C1O. The molecule has 1 heterocycles. The first-order chi connectivity index (χ1) is 7.72. The number of nitrogens with zero attached hydrogens (tertiary/aromatic N) is 1. The molecule has 0 bridgehead atoms. The third-order valence-corrected chi connectivity index (χ3v) is 2.58. The largest absolute Gasteiger partial charge is 0.394 e. The zero-order valence-electron chi connectivity index (χ0n) is 8.78. The van der Waals surface area contributed by atoms with Gasteiger partial charge in [-0.25, -0.2) is 0 Å². The van der Waals surface area contributed by atoms with E-state index >= 15 is 0 Å². The minimum atomic E-state index is -0.920. The standard InChI is InChI=1S/C11H15NO4/c13-6-9(14)7-16-12-5-8-3-1-2-4-10(8)11(12)15/h1-4,9,11,13-15H,5-7H2.